The van der Waals surface area contributed by atoms with Crippen molar-refractivity contribution in [3.63, 3.8) is 0 Å². The zero-order chi connectivity index (χ0) is 20.1. The molecule has 0 spiro atoms. The summed E-state index contributed by atoms with van der Waals surface area (Å²) in [6.45, 7) is 2.42. The van der Waals surface area contributed by atoms with Crippen LogP contribution in [0.4, 0.5) is 11.5 Å². The fourth-order valence-corrected chi connectivity index (χ4v) is 2.48. The molecule has 13 heteroatoms. The molecule has 0 aliphatic carbocycles. The lowest BCUT2D eigenvalue weighted by atomic mass is 10.1. The van der Waals surface area contributed by atoms with Crippen LogP contribution in [0, 0.1) is 0 Å². The number of nitrogen functional groups attached to an aromatic ring is 1. The van der Waals surface area contributed by atoms with Crippen molar-refractivity contribution in [2.24, 2.45) is 5.11 Å². The highest BCUT2D eigenvalue weighted by molar-refractivity contribution is 5.69. The molecule has 1 fully saturated rings. The third kappa shape index (κ3) is 4.53. The van der Waals surface area contributed by atoms with Crippen molar-refractivity contribution in [1.29, 1.82) is 0 Å². The lowest BCUT2D eigenvalue weighted by Crippen LogP contribution is -2.39. The molecule has 1 saturated heterocycles. The van der Waals surface area contributed by atoms with E-state index in [4.69, 9.17) is 25.5 Å². The van der Waals surface area contributed by atoms with Gasteiger partial charge in [0.2, 0.25) is 0 Å². The number of hydrogen-bond donors (Lipinski definition) is 2. The number of carbonyl (C=O) groups is 2. The van der Waals surface area contributed by atoms with Crippen molar-refractivity contribution in [2.45, 2.75) is 44.8 Å². The van der Waals surface area contributed by atoms with Crippen LogP contribution in [0.1, 0.15) is 26.5 Å². The molecular weight excluding hydrogens is 364 g/mol. The molecule has 1 aromatic rings. The van der Waals surface area contributed by atoms with E-state index in [1.807, 2.05) is 0 Å². The highest BCUT2D eigenvalue weighted by Gasteiger charge is 2.48. The summed E-state index contributed by atoms with van der Waals surface area (Å²) in [6, 6.07) is 0. The molecule has 27 heavy (non-hydrogen) atoms. The highest BCUT2D eigenvalue weighted by atomic mass is 16.6. The van der Waals surface area contributed by atoms with Crippen molar-refractivity contribution in [3.8, 4) is 0 Å². The quantitative estimate of drug-likeness (QED) is 0.293. The van der Waals surface area contributed by atoms with Crippen LogP contribution in [0.3, 0.4) is 0 Å². The second-order valence-corrected chi connectivity index (χ2v) is 5.56. The number of aliphatic hydroxyl groups excluding tert-OH is 1. The maximum atomic E-state index is 12.1. The lowest BCUT2D eigenvalue weighted by Gasteiger charge is -2.20. The van der Waals surface area contributed by atoms with Crippen LogP contribution in [-0.4, -0.2) is 51.5 Å². The second kappa shape index (κ2) is 8.49. The van der Waals surface area contributed by atoms with Crippen molar-refractivity contribution in [1.82, 2.24) is 9.55 Å². The number of aliphatic hydroxyl groups is 1. The van der Waals surface area contributed by atoms with E-state index in [2.05, 4.69) is 15.0 Å². The normalized spacial score (nSPS) is 24.1. The molecule has 146 valence electrons. The Bertz CT molecular complexity index is 834. The second-order valence-electron chi connectivity index (χ2n) is 5.56. The Kier molecular flexibility index (Phi) is 6.34. The van der Waals surface area contributed by atoms with Crippen LogP contribution in [0.15, 0.2) is 16.1 Å². The average molecular weight is 382 g/mol. The first-order chi connectivity index (χ1) is 12.8. The molecule has 2 heterocycles. The Morgan fingerprint density at radius 1 is 1.56 bits per heavy atom. The Hall–Kier alpha value is -3.15. The first kappa shape index (κ1) is 20.2. The van der Waals surface area contributed by atoms with Gasteiger partial charge < -0.3 is 25.1 Å². The largest absolute Gasteiger partial charge is 0.463 e. The summed E-state index contributed by atoms with van der Waals surface area (Å²) >= 11 is 0. The minimum atomic E-state index is -1.48. The molecule has 2 rings (SSSR count). The maximum absolute atomic E-state index is 12.1. The summed E-state index contributed by atoms with van der Waals surface area (Å²) in [5.41, 5.74) is 13.0. The van der Waals surface area contributed by atoms with Crippen LogP contribution < -0.4 is 11.4 Å². The van der Waals surface area contributed by atoms with Crippen LogP contribution in [-0.2, 0) is 23.8 Å². The molecular formula is C14H18N6O7. The van der Waals surface area contributed by atoms with Gasteiger partial charge in [0.25, 0.3) is 0 Å². The number of ether oxygens (including phenoxy) is 3. The van der Waals surface area contributed by atoms with Gasteiger partial charge in [-0.05, 0) is 5.53 Å². The number of esters is 2. The van der Waals surface area contributed by atoms with Crippen molar-refractivity contribution < 1.29 is 28.9 Å². The first-order valence-electron chi connectivity index (χ1n) is 7.88. The third-order valence-electron chi connectivity index (χ3n) is 3.70. The van der Waals surface area contributed by atoms with Crippen molar-refractivity contribution in [3.05, 3.63) is 27.1 Å². The number of nitrogens with zero attached hydrogens (tertiary/aromatic N) is 5. The Balaban J connectivity index is 2.35. The van der Waals surface area contributed by atoms with E-state index in [0.29, 0.717) is 0 Å². The molecule has 0 unspecified atom stereocenters. The molecule has 0 amide bonds. The number of carbonyl (C=O) groups excluding carboxylic acids is 2. The summed E-state index contributed by atoms with van der Waals surface area (Å²) in [5, 5.41) is 13.8. The number of rotatable bonds is 6. The molecule has 0 aromatic carbocycles. The van der Waals surface area contributed by atoms with E-state index >= 15 is 0 Å². The van der Waals surface area contributed by atoms with Gasteiger partial charge in [0.15, 0.2) is 12.3 Å². The van der Waals surface area contributed by atoms with Gasteiger partial charge in [-0.25, -0.2) is 4.79 Å². The molecule has 13 nitrogen and oxygen atoms in total. The summed E-state index contributed by atoms with van der Waals surface area (Å²) in [4.78, 5) is 40.9. The fraction of sp³-hybridized carbons (Fsp3) is 0.571. The van der Waals surface area contributed by atoms with Crippen LogP contribution in [0.25, 0.3) is 10.4 Å². The predicted molar refractivity (Wildman–Crippen MR) is 88.4 cm³/mol. The van der Waals surface area contributed by atoms with E-state index in [9.17, 15) is 19.5 Å². The van der Waals surface area contributed by atoms with Gasteiger partial charge >= 0.3 is 17.6 Å². The molecule has 4 atom stereocenters. The van der Waals surface area contributed by atoms with Gasteiger partial charge in [0.05, 0.1) is 5.69 Å². The SMILES string of the molecule is CCC(=O)OC[C@H]1O[C@@H](n2cc(N=[N+]=[N-])c(N)nc2=O)[C@@H](O)[C@@H]1OC(C)=O. The number of nitrogens with two attached hydrogens (primary N) is 1. The van der Waals surface area contributed by atoms with E-state index in [-0.39, 0.29) is 24.5 Å². The molecule has 0 saturated carbocycles. The molecule has 1 aliphatic rings. The van der Waals surface area contributed by atoms with Crippen LogP contribution >= 0.6 is 0 Å². The van der Waals surface area contributed by atoms with E-state index < -0.39 is 42.2 Å². The van der Waals surface area contributed by atoms with Crippen molar-refractivity contribution >= 4 is 23.4 Å². The van der Waals surface area contributed by atoms with E-state index in [0.717, 1.165) is 17.7 Å². The monoisotopic (exact) mass is 382 g/mol. The smallest absolute Gasteiger partial charge is 0.351 e. The van der Waals surface area contributed by atoms with Gasteiger partial charge in [0.1, 0.15) is 24.6 Å². The number of azide groups is 1. The average Bonchev–Trinajstić information content (AvgIpc) is 2.91. The fourth-order valence-electron chi connectivity index (χ4n) is 2.48. The zero-order valence-corrected chi connectivity index (χ0v) is 14.5. The van der Waals surface area contributed by atoms with Gasteiger partial charge in [-0.15, -0.1) is 0 Å². The Morgan fingerprint density at radius 3 is 2.85 bits per heavy atom. The Labute approximate surface area is 152 Å². The number of anilines is 1. The van der Waals surface area contributed by atoms with Gasteiger partial charge in [-0.2, -0.15) is 4.98 Å². The minimum absolute atomic E-state index is 0.119. The summed E-state index contributed by atoms with van der Waals surface area (Å²) in [5.74, 6) is -1.52. The predicted octanol–water partition coefficient (Wildman–Crippen LogP) is -0.0895. The molecule has 3 N–H and O–H groups in total. The van der Waals surface area contributed by atoms with Crippen LogP contribution in [0.2, 0.25) is 0 Å². The Morgan fingerprint density at radius 2 is 2.26 bits per heavy atom. The molecule has 1 aliphatic heterocycles. The number of hydrogen-bond acceptors (Lipinski definition) is 10. The maximum Gasteiger partial charge on any atom is 0.351 e. The van der Waals surface area contributed by atoms with E-state index in [1.54, 1.807) is 6.92 Å². The van der Waals surface area contributed by atoms with E-state index in [1.165, 1.54) is 0 Å². The molecule has 0 bridgehead atoms. The topological polar surface area (TPSA) is 192 Å². The highest BCUT2D eigenvalue weighted by Crippen LogP contribution is 2.32. The molecule has 1 aromatic heterocycles. The third-order valence-corrected chi connectivity index (χ3v) is 3.70. The lowest BCUT2D eigenvalue weighted by molar-refractivity contribution is -0.158. The number of aromatic nitrogens is 2. The minimum Gasteiger partial charge on any atom is -0.463 e. The summed E-state index contributed by atoms with van der Waals surface area (Å²) in [6.07, 6.45) is -3.88. The molecule has 0 radical (unpaired) electrons. The zero-order valence-electron chi connectivity index (χ0n) is 14.5. The van der Waals surface area contributed by atoms with Gasteiger partial charge in [0, 0.05) is 24.5 Å². The summed E-state index contributed by atoms with van der Waals surface area (Å²) < 4.78 is 16.4. The first-order valence-corrected chi connectivity index (χ1v) is 7.88. The van der Waals surface area contributed by atoms with Gasteiger partial charge in [-0.3, -0.25) is 14.2 Å². The standard InChI is InChI=1S/C14H18N6O7/c1-3-9(22)25-5-8-11(26-6(2)21)10(23)13(27-8)20-4-7(18-19-16)12(15)17-14(20)24/h4,8,10-11,13,23H,3,5H2,1-2H3,(H2,15,17,24)/t8-,10+,11-,13-/m1/s1. The van der Waals surface area contributed by atoms with Gasteiger partial charge in [-0.1, -0.05) is 12.0 Å². The van der Waals surface area contributed by atoms with Crippen molar-refractivity contribution in [2.75, 3.05) is 12.3 Å². The summed E-state index contributed by atoms with van der Waals surface area (Å²) in [7, 11) is 0. The van der Waals surface area contributed by atoms with Crippen LogP contribution in [0.5, 0.6) is 0 Å².